The van der Waals surface area contributed by atoms with Crippen molar-refractivity contribution in [3.05, 3.63) is 122 Å². The first-order valence-corrected chi connectivity index (χ1v) is 28.0. The van der Waals surface area contributed by atoms with Gasteiger partial charge < -0.3 is 15.2 Å². The lowest BCUT2D eigenvalue weighted by molar-refractivity contribution is 0.133. The fourth-order valence-corrected chi connectivity index (χ4v) is 10.9. The Kier molecular flexibility index (Phi) is 18.2. The summed E-state index contributed by atoms with van der Waals surface area (Å²) in [6.45, 7) is 4.18. The number of alkyl halides is 1. The van der Waals surface area contributed by atoms with Crippen molar-refractivity contribution >= 4 is 59.6 Å². The molecular formula is C47H58ClN7O6S4. The van der Waals surface area contributed by atoms with Crippen molar-refractivity contribution in [2.24, 2.45) is 0 Å². The van der Waals surface area contributed by atoms with Gasteiger partial charge in [-0.05, 0) is 130 Å². The quantitative estimate of drug-likeness (QED) is 0.0803. The Bertz CT molecular complexity index is 2600. The van der Waals surface area contributed by atoms with E-state index in [0.717, 1.165) is 105 Å². The molecule has 6 aromatic rings. The molecule has 0 atom stereocenters. The number of aryl methyl sites for hydroxylation is 4. The van der Waals surface area contributed by atoms with E-state index in [4.69, 9.17) is 31.8 Å². The van der Waals surface area contributed by atoms with Crippen LogP contribution in [0.1, 0.15) is 115 Å². The van der Waals surface area contributed by atoms with Crippen LogP contribution in [0.3, 0.4) is 0 Å². The molecular weight excluding hydrogens is 922 g/mol. The third-order valence-electron chi connectivity index (χ3n) is 11.4. The van der Waals surface area contributed by atoms with E-state index in [1.165, 1.54) is 34.7 Å². The monoisotopic (exact) mass is 979 g/mol. The number of anilines is 1. The van der Waals surface area contributed by atoms with Gasteiger partial charge in [0, 0.05) is 65.6 Å². The molecule has 0 bridgehead atoms. The maximum atomic E-state index is 11.6. The second-order valence-electron chi connectivity index (χ2n) is 16.4. The summed E-state index contributed by atoms with van der Waals surface area (Å²) in [6.07, 6.45) is 22.1. The number of rotatable bonds is 14. The highest BCUT2D eigenvalue weighted by atomic mass is 35.5. The summed E-state index contributed by atoms with van der Waals surface area (Å²) >= 11 is 9.30. The number of thiazole rings is 2. The SMILES string of the molecule is CCc1cnc(OC2CCC(c3nc(CCc4ccc(S(C)(=O)=O)cc4)cs3)CC2)nc1.CCc1cnc(OC2CCC(c3nc(CCl)cs3)CC2)nc1.CS(=O)(=O)c1ccc(N)cc1. The average molecular weight is 981 g/mol. The van der Waals surface area contributed by atoms with Crippen LogP contribution in [0.15, 0.2) is 93.9 Å². The molecule has 0 amide bonds. The number of nitrogen functional groups attached to an aromatic ring is 1. The van der Waals surface area contributed by atoms with Crippen molar-refractivity contribution in [1.29, 1.82) is 0 Å². The summed E-state index contributed by atoms with van der Waals surface area (Å²) < 4.78 is 56.9. The van der Waals surface area contributed by atoms with Crippen molar-refractivity contribution in [2.75, 3.05) is 18.2 Å². The van der Waals surface area contributed by atoms with E-state index in [1.54, 1.807) is 46.9 Å². The highest BCUT2D eigenvalue weighted by molar-refractivity contribution is 7.91. The Morgan fingerprint density at radius 1 is 0.585 bits per heavy atom. The molecule has 2 aromatic carbocycles. The van der Waals surface area contributed by atoms with Gasteiger partial charge in [0.25, 0.3) is 0 Å². The lowest BCUT2D eigenvalue weighted by atomic mass is 9.88. The van der Waals surface area contributed by atoms with Crippen LogP contribution >= 0.6 is 34.3 Å². The highest BCUT2D eigenvalue weighted by Gasteiger charge is 2.27. The van der Waals surface area contributed by atoms with Gasteiger partial charge in [0.1, 0.15) is 12.2 Å². The minimum atomic E-state index is -3.15. The number of nitrogens with zero attached hydrogens (tertiary/aromatic N) is 6. The minimum Gasteiger partial charge on any atom is -0.460 e. The molecule has 4 aromatic heterocycles. The van der Waals surface area contributed by atoms with Crippen molar-refractivity contribution in [2.45, 2.75) is 131 Å². The molecule has 65 heavy (non-hydrogen) atoms. The summed E-state index contributed by atoms with van der Waals surface area (Å²) in [4.78, 5) is 27.3. The molecule has 348 valence electrons. The number of halogens is 1. The molecule has 0 aliphatic heterocycles. The lowest BCUT2D eigenvalue weighted by Crippen LogP contribution is -2.24. The third-order valence-corrected chi connectivity index (χ3v) is 16.0. The van der Waals surface area contributed by atoms with E-state index in [-0.39, 0.29) is 12.2 Å². The Hall–Kier alpha value is -4.55. The Morgan fingerprint density at radius 3 is 1.37 bits per heavy atom. The zero-order valence-electron chi connectivity index (χ0n) is 37.3. The first-order chi connectivity index (χ1) is 31.2. The van der Waals surface area contributed by atoms with Gasteiger partial charge >= 0.3 is 12.0 Å². The predicted molar refractivity (Wildman–Crippen MR) is 259 cm³/mol. The van der Waals surface area contributed by atoms with E-state index in [1.807, 2.05) is 36.9 Å². The van der Waals surface area contributed by atoms with Gasteiger partial charge in [-0.2, -0.15) is 0 Å². The number of ether oxygens (including phenoxy) is 2. The van der Waals surface area contributed by atoms with E-state index in [0.29, 0.717) is 45.2 Å². The van der Waals surface area contributed by atoms with Crippen LogP contribution in [0.2, 0.25) is 0 Å². The van der Waals surface area contributed by atoms with Crippen molar-refractivity contribution < 1.29 is 26.3 Å². The largest absolute Gasteiger partial charge is 0.460 e. The van der Waals surface area contributed by atoms with Crippen molar-refractivity contribution in [3.63, 3.8) is 0 Å². The molecule has 4 heterocycles. The second kappa shape index (κ2) is 23.8. The molecule has 13 nitrogen and oxygen atoms in total. The van der Waals surface area contributed by atoms with Crippen LogP contribution in [0.25, 0.3) is 0 Å². The molecule has 2 aliphatic carbocycles. The fourth-order valence-electron chi connectivity index (χ4n) is 7.41. The van der Waals surface area contributed by atoms with E-state index < -0.39 is 19.7 Å². The predicted octanol–water partition coefficient (Wildman–Crippen LogP) is 9.80. The Labute approximate surface area is 396 Å². The second-order valence-corrected chi connectivity index (χ2v) is 22.5. The number of sulfone groups is 2. The van der Waals surface area contributed by atoms with Crippen LogP contribution in [0.5, 0.6) is 12.0 Å². The fraction of sp³-hybridized carbons (Fsp3) is 0.447. The van der Waals surface area contributed by atoms with E-state index in [9.17, 15) is 16.8 Å². The normalized spacial score (nSPS) is 18.7. The average Bonchev–Trinajstić information content (AvgIpc) is 4.00. The van der Waals surface area contributed by atoms with Crippen LogP contribution < -0.4 is 15.2 Å². The van der Waals surface area contributed by atoms with Crippen LogP contribution in [-0.2, 0) is 51.2 Å². The van der Waals surface area contributed by atoms with Gasteiger partial charge in [-0.25, -0.2) is 46.7 Å². The molecule has 18 heteroatoms. The highest BCUT2D eigenvalue weighted by Crippen LogP contribution is 2.37. The van der Waals surface area contributed by atoms with Crippen molar-refractivity contribution in [1.82, 2.24) is 29.9 Å². The molecule has 0 saturated heterocycles. The lowest BCUT2D eigenvalue weighted by Gasteiger charge is -2.27. The molecule has 2 aliphatic rings. The smallest absolute Gasteiger partial charge is 0.316 e. The molecule has 0 radical (unpaired) electrons. The molecule has 2 fully saturated rings. The Morgan fingerprint density at radius 2 is 0.985 bits per heavy atom. The summed E-state index contributed by atoms with van der Waals surface area (Å²) in [7, 11) is -6.22. The van der Waals surface area contributed by atoms with Gasteiger partial charge in [-0.15, -0.1) is 34.3 Å². The molecule has 2 saturated carbocycles. The van der Waals surface area contributed by atoms with Gasteiger partial charge in [-0.1, -0.05) is 26.0 Å². The van der Waals surface area contributed by atoms with Gasteiger partial charge in [0.2, 0.25) is 0 Å². The van der Waals surface area contributed by atoms with Crippen molar-refractivity contribution in [3.8, 4) is 12.0 Å². The first kappa shape index (κ1) is 49.9. The van der Waals surface area contributed by atoms with Gasteiger partial charge in [0.05, 0.1) is 37.1 Å². The van der Waals surface area contributed by atoms with E-state index in [2.05, 4.69) is 49.5 Å². The number of aromatic nitrogens is 6. The van der Waals surface area contributed by atoms with Crippen LogP contribution in [-0.4, -0.2) is 71.5 Å². The maximum Gasteiger partial charge on any atom is 0.316 e. The van der Waals surface area contributed by atoms with E-state index >= 15 is 0 Å². The topological polar surface area (TPSA) is 190 Å². The third kappa shape index (κ3) is 15.5. The number of benzene rings is 2. The number of nitrogens with two attached hydrogens (primary N) is 1. The maximum absolute atomic E-state index is 11.6. The first-order valence-electron chi connectivity index (χ1n) is 21.9. The zero-order valence-corrected chi connectivity index (χ0v) is 41.3. The molecule has 8 rings (SSSR count). The van der Waals surface area contributed by atoms with Gasteiger partial charge in [0.15, 0.2) is 19.7 Å². The summed E-state index contributed by atoms with van der Waals surface area (Å²) in [5.41, 5.74) is 11.4. The molecule has 2 N–H and O–H groups in total. The minimum absolute atomic E-state index is 0.174. The Balaban J connectivity index is 0.000000182. The molecule has 0 spiro atoms. The summed E-state index contributed by atoms with van der Waals surface area (Å²) in [5, 5.41) is 6.66. The van der Waals surface area contributed by atoms with Crippen LogP contribution in [0, 0.1) is 0 Å². The zero-order chi connectivity index (χ0) is 46.4. The number of hydrogen-bond acceptors (Lipinski definition) is 15. The summed E-state index contributed by atoms with van der Waals surface area (Å²) in [5.74, 6) is 1.54. The summed E-state index contributed by atoms with van der Waals surface area (Å²) in [6, 6.07) is 14.2. The van der Waals surface area contributed by atoms with Crippen LogP contribution in [0.4, 0.5) is 5.69 Å². The van der Waals surface area contributed by atoms with Gasteiger partial charge in [-0.3, -0.25) is 0 Å². The standard InChI is InChI=1S/C24H29N3O3S2.C16H20ClN3OS.C7H9NO2S/c1-3-17-14-25-24(26-15-17)30-21-10-7-19(8-11-21)23-27-20(16-31-23)9-4-18-5-12-22(13-6-18)32(2,28)29;1-2-11-8-18-16(19-9-11)21-14-5-3-12(4-6-14)15-20-13(7-17)10-22-15;1-11(9,10)7-4-2-6(8)3-5-7/h5-6,12-16,19,21H,3-4,7-11H2,1-2H3;8-10,12,14H,2-7H2,1H3;2-5H,8H2,1H3. The molecule has 0 unspecified atom stereocenters. The number of hydrogen-bond donors (Lipinski definition) is 1.